The van der Waals surface area contributed by atoms with Gasteiger partial charge in [-0.1, -0.05) is 11.6 Å². The van der Waals surface area contributed by atoms with Crippen LogP contribution < -0.4 is 10.3 Å². The van der Waals surface area contributed by atoms with Crippen LogP contribution in [0.3, 0.4) is 0 Å². The lowest BCUT2D eigenvalue weighted by Gasteiger charge is -2.12. The summed E-state index contributed by atoms with van der Waals surface area (Å²) in [5.41, 5.74) is 1.66. The van der Waals surface area contributed by atoms with Gasteiger partial charge in [0, 0.05) is 24.0 Å². The van der Waals surface area contributed by atoms with Gasteiger partial charge in [0.05, 0.1) is 13.2 Å². The van der Waals surface area contributed by atoms with Gasteiger partial charge >= 0.3 is 0 Å². The average Bonchev–Trinajstić information content (AvgIpc) is 2.92. The Kier molecular flexibility index (Phi) is 4.04. The summed E-state index contributed by atoms with van der Waals surface area (Å²) in [5, 5.41) is 3.96. The van der Waals surface area contributed by atoms with E-state index in [1.807, 2.05) is 11.5 Å². The van der Waals surface area contributed by atoms with Crippen LogP contribution in [0.5, 0.6) is 5.88 Å². The van der Waals surface area contributed by atoms with Crippen LogP contribution in [-0.4, -0.2) is 25.8 Å². The highest BCUT2D eigenvalue weighted by atomic mass is 35.5. The van der Waals surface area contributed by atoms with E-state index in [1.54, 1.807) is 13.0 Å². The highest BCUT2D eigenvalue weighted by Gasteiger charge is 2.12. The van der Waals surface area contributed by atoms with Crippen molar-refractivity contribution in [1.29, 1.82) is 0 Å². The van der Waals surface area contributed by atoms with Gasteiger partial charge in [0.1, 0.15) is 5.65 Å². The van der Waals surface area contributed by atoms with Gasteiger partial charge in [-0.2, -0.15) is 4.52 Å². The lowest BCUT2D eigenvalue weighted by molar-refractivity contribution is 0.325. The first kappa shape index (κ1) is 15.5. The molecule has 0 aliphatic rings. The fraction of sp³-hybridized carbons (Fsp3) is 0.267. The highest BCUT2D eigenvalue weighted by molar-refractivity contribution is 6.29. The molecule has 3 aromatic rings. The van der Waals surface area contributed by atoms with E-state index < -0.39 is 5.82 Å². The first-order chi connectivity index (χ1) is 11.0. The Hall–Kier alpha value is -2.41. The second kappa shape index (κ2) is 6.00. The summed E-state index contributed by atoms with van der Waals surface area (Å²) >= 11 is 5.60. The Bertz CT molecular complexity index is 935. The molecule has 0 atom stereocenters. The van der Waals surface area contributed by atoms with Crippen molar-refractivity contribution in [3.8, 4) is 5.88 Å². The minimum atomic E-state index is -0.581. The molecule has 3 aromatic heterocycles. The maximum absolute atomic E-state index is 13.6. The quantitative estimate of drug-likeness (QED) is 0.687. The number of hydrogen-bond acceptors (Lipinski definition) is 4. The number of aromatic nitrogens is 4. The van der Waals surface area contributed by atoms with Crippen LogP contribution >= 0.6 is 11.6 Å². The summed E-state index contributed by atoms with van der Waals surface area (Å²) in [5.74, 6) is -0.216. The smallest absolute Gasteiger partial charge is 0.274 e. The van der Waals surface area contributed by atoms with Crippen molar-refractivity contribution in [1.82, 2.24) is 19.2 Å². The van der Waals surface area contributed by atoms with Gasteiger partial charge in [0.2, 0.25) is 5.88 Å². The van der Waals surface area contributed by atoms with Crippen molar-refractivity contribution in [2.45, 2.75) is 20.4 Å². The van der Waals surface area contributed by atoms with E-state index in [-0.39, 0.29) is 10.7 Å². The predicted molar refractivity (Wildman–Crippen MR) is 83.7 cm³/mol. The summed E-state index contributed by atoms with van der Waals surface area (Å²) in [6.07, 6.45) is 1.50. The molecule has 0 aromatic carbocycles. The predicted octanol–water partition coefficient (Wildman–Crippen LogP) is 2.44. The first-order valence-corrected chi connectivity index (χ1v) is 7.40. The van der Waals surface area contributed by atoms with Crippen LogP contribution in [-0.2, 0) is 6.54 Å². The number of fused-ring (bicyclic) bond motifs is 1. The zero-order chi connectivity index (χ0) is 16.6. The number of hydrogen-bond donors (Lipinski definition) is 0. The molecule has 0 aliphatic heterocycles. The zero-order valence-corrected chi connectivity index (χ0v) is 13.3. The van der Waals surface area contributed by atoms with Gasteiger partial charge in [0.15, 0.2) is 11.0 Å². The molecule has 3 heterocycles. The third kappa shape index (κ3) is 2.92. The third-order valence-electron chi connectivity index (χ3n) is 3.40. The summed E-state index contributed by atoms with van der Waals surface area (Å²) in [7, 11) is 0. The van der Waals surface area contributed by atoms with Crippen molar-refractivity contribution in [2.24, 2.45) is 0 Å². The van der Waals surface area contributed by atoms with Crippen molar-refractivity contribution >= 4 is 17.2 Å². The highest BCUT2D eigenvalue weighted by Crippen LogP contribution is 2.17. The molecule has 3 rings (SSSR count). The molecule has 0 fully saturated rings. The molecule has 0 saturated carbocycles. The van der Waals surface area contributed by atoms with Gasteiger partial charge < -0.3 is 9.30 Å². The van der Waals surface area contributed by atoms with Crippen molar-refractivity contribution in [3.63, 3.8) is 0 Å². The van der Waals surface area contributed by atoms with E-state index in [4.69, 9.17) is 16.3 Å². The summed E-state index contributed by atoms with van der Waals surface area (Å²) < 4.78 is 22.0. The van der Waals surface area contributed by atoms with E-state index in [9.17, 15) is 9.18 Å². The van der Waals surface area contributed by atoms with Gasteiger partial charge in [0.25, 0.3) is 5.56 Å². The summed E-state index contributed by atoms with van der Waals surface area (Å²) in [4.78, 5) is 15.9. The second-order valence-electron chi connectivity index (χ2n) is 5.01. The number of aryl methyl sites for hydroxylation is 1. The summed E-state index contributed by atoms with van der Waals surface area (Å²) in [6.45, 7) is 4.41. The van der Waals surface area contributed by atoms with E-state index in [1.165, 1.54) is 22.8 Å². The number of nitrogens with zero attached hydrogens (tertiary/aromatic N) is 4. The molecule has 0 unspecified atom stereocenters. The largest absolute Gasteiger partial charge is 0.477 e. The average molecular weight is 337 g/mol. The van der Waals surface area contributed by atoms with Crippen LogP contribution in [0.2, 0.25) is 5.15 Å². The van der Waals surface area contributed by atoms with Crippen molar-refractivity contribution in [2.75, 3.05) is 6.61 Å². The zero-order valence-electron chi connectivity index (χ0n) is 12.6. The normalized spacial score (nSPS) is 11.1. The van der Waals surface area contributed by atoms with Crippen molar-refractivity contribution < 1.29 is 9.13 Å². The SMILES string of the molecule is CCOc1cc2n(Cc3cnc(Cl)c(F)c3)c(C)cc(=O)n2n1. The molecule has 23 heavy (non-hydrogen) atoms. The minimum Gasteiger partial charge on any atom is -0.477 e. The molecule has 0 spiro atoms. The molecular formula is C15H14ClFN4O2. The number of halogens is 2. The Morgan fingerprint density at radius 3 is 2.83 bits per heavy atom. The number of rotatable bonds is 4. The van der Waals surface area contributed by atoms with Gasteiger partial charge in [-0.05, 0) is 25.5 Å². The van der Waals surface area contributed by atoms with Gasteiger partial charge in [-0.15, -0.1) is 5.10 Å². The molecule has 0 amide bonds. The van der Waals surface area contributed by atoms with E-state index >= 15 is 0 Å². The van der Waals surface area contributed by atoms with E-state index in [2.05, 4.69) is 10.1 Å². The number of ether oxygens (including phenoxy) is 1. The lowest BCUT2D eigenvalue weighted by Crippen LogP contribution is -2.20. The Balaban J connectivity index is 2.11. The number of pyridine rings is 1. The molecule has 120 valence electrons. The molecule has 0 saturated heterocycles. The van der Waals surface area contributed by atoms with Crippen molar-refractivity contribution in [3.05, 3.63) is 57.0 Å². The maximum Gasteiger partial charge on any atom is 0.274 e. The minimum absolute atomic E-state index is 0.168. The Labute approximate surface area is 136 Å². The molecule has 0 aliphatic carbocycles. The topological polar surface area (TPSA) is 61.4 Å². The monoisotopic (exact) mass is 336 g/mol. The standard InChI is InChI=1S/C15H14ClFN4O2/c1-3-23-12-6-13-20(9(2)4-14(22)21(13)19-12)8-10-5-11(17)15(16)18-7-10/h4-7H,3,8H2,1-2H3. The van der Waals surface area contributed by atoms with Crippen LogP contribution in [0.1, 0.15) is 18.2 Å². The Morgan fingerprint density at radius 1 is 1.35 bits per heavy atom. The molecule has 0 radical (unpaired) electrons. The van der Waals surface area contributed by atoms with Crippen LogP contribution in [0.15, 0.2) is 29.2 Å². The molecule has 0 N–H and O–H groups in total. The van der Waals surface area contributed by atoms with Gasteiger partial charge in [-0.3, -0.25) is 4.79 Å². The molecule has 8 heteroatoms. The Morgan fingerprint density at radius 2 is 2.13 bits per heavy atom. The fourth-order valence-corrected chi connectivity index (χ4v) is 2.46. The van der Waals surface area contributed by atoms with E-state index in [0.717, 1.165) is 5.69 Å². The third-order valence-corrected chi connectivity index (χ3v) is 3.68. The van der Waals surface area contributed by atoms with Gasteiger partial charge in [-0.25, -0.2) is 9.37 Å². The maximum atomic E-state index is 13.6. The van der Waals surface area contributed by atoms with Crippen LogP contribution in [0, 0.1) is 12.7 Å². The lowest BCUT2D eigenvalue weighted by atomic mass is 10.2. The first-order valence-electron chi connectivity index (χ1n) is 7.02. The molecular weight excluding hydrogens is 323 g/mol. The van der Waals surface area contributed by atoms with Crippen LogP contribution in [0.25, 0.3) is 5.65 Å². The molecule has 0 bridgehead atoms. The van der Waals surface area contributed by atoms with E-state index in [0.29, 0.717) is 30.2 Å². The fourth-order valence-electron chi connectivity index (χ4n) is 2.36. The van der Waals surface area contributed by atoms with Crippen LogP contribution in [0.4, 0.5) is 4.39 Å². The molecule has 6 nitrogen and oxygen atoms in total. The summed E-state index contributed by atoms with van der Waals surface area (Å²) in [6, 6.07) is 4.47. The second-order valence-corrected chi connectivity index (χ2v) is 5.37.